The second kappa shape index (κ2) is 9.39. The van der Waals surface area contributed by atoms with E-state index < -0.39 is 17.7 Å². The standard InChI is InChI=1S/C27H20F3NO3/c1-17-15-31-26-22(6-3-7-23(26)27(28,29)30)25(17)20-4-2-5-21(14-20)34-16-19-10-8-18(9-11-19)12-13-24(32)33/h2-15H,16H2,1H3,(H,32,33)/b13-12+. The number of ether oxygens (including phenoxy) is 1. The number of halogens is 3. The topological polar surface area (TPSA) is 59.4 Å². The van der Waals surface area contributed by atoms with Gasteiger partial charge in [0.05, 0.1) is 11.1 Å². The monoisotopic (exact) mass is 463 g/mol. The Balaban J connectivity index is 1.61. The predicted molar refractivity (Wildman–Crippen MR) is 124 cm³/mol. The van der Waals surface area contributed by atoms with Gasteiger partial charge in [-0.25, -0.2) is 4.79 Å². The maximum absolute atomic E-state index is 13.5. The molecule has 0 atom stereocenters. The van der Waals surface area contributed by atoms with Crippen molar-refractivity contribution in [2.24, 2.45) is 0 Å². The van der Waals surface area contributed by atoms with Gasteiger partial charge in [-0.3, -0.25) is 4.98 Å². The first-order valence-corrected chi connectivity index (χ1v) is 10.4. The van der Waals surface area contributed by atoms with Crippen LogP contribution in [0.1, 0.15) is 22.3 Å². The lowest BCUT2D eigenvalue weighted by atomic mass is 9.95. The molecule has 0 aliphatic carbocycles. The fourth-order valence-corrected chi connectivity index (χ4v) is 3.74. The second-order valence-corrected chi connectivity index (χ2v) is 7.75. The Hall–Kier alpha value is -4.13. The number of nitrogens with zero attached hydrogens (tertiary/aromatic N) is 1. The van der Waals surface area contributed by atoms with Crippen LogP contribution in [0.15, 0.2) is 79.0 Å². The molecule has 0 saturated carbocycles. The molecule has 0 saturated heterocycles. The molecule has 4 rings (SSSR count). The molecule has 172 valence electrons. The summed E-state index contributed by atoms with van der Waals surface area (Å²) in [6, 6.07) is 18.5. The van der Waals surface area contributed by atoms with Gasteiger partial charge in [0.25, 0.3) is 0 Å². The SMILES string of the molecule is Cc1cnc2c(C(F)(F)F)cccc2c1-c1cccc(OCc2ccc(/C=C/C(=O)O)cc2)c1. The van der Waals surface area contributed by atoms with Crippen LogP contribution in [0.25, 0.3) is 28.1 Å². The molecule has 4 nitrogen and oxygen atoms in total. The van der Waals surface area contributed by atoms with Crippen LogP contribution < -0.4 is 4.74 Å². The summed E-state index contributed by atoms with van der Waals surface area (Å²) in [6.45, 7) is 2.09. The third-order valence-corrected chi connectivity index (χ3v) is 5.32. The molecule has 1 heterocycles. The molecule has 3 aromatic carbocycles. The Morgan fingerprint density at radius 1 is 1.06 bits per heavy atom. The van der Waals surface area contributed by atoms with Crippen LogP contribution in [0.5, 0.6) is 5.75 Å². The Kier molecular flexibility index (Phi) is 6.36. The van der Waals surface area contributed by atoms with Crippen molar-refractivity contribution in [2.75, 3.05) is 0 Å². The average Bonchev–Trinajstić information content (AvgIpc) is 2.81. The van der Waals surface area contributed by atoms with Gasteiger partial charge in [0.1, 0.15) is 12.4 Å². The summed E-state index contributed by atoms with van der Waals surface area (Å²) >= 11 is 0. The third kappa shape index (κ3) is 5.09. The van der Waals surface area contributed by atoms with Crippen molar-refractivity contribution in [3.63, 3.8) is 0 Å². The number of para-hydroxylation sites is 1. The van der Waals surface area contributed by atoms with Crippen molar-refractivity contribution in [3.05, 3.63) is 101 Å². The zero-order chi connectivity index (χ0) is 24.3. The largest absolute Gasteiger partial charge is 0.489 e. The number of aryl methyl sites for hydroxylation is 1. The fraction of sp³-hybridized carbons (Fsp3) is 0.111. The second-order valence-electron chi connectivity index (χ2n) is 7.75. The number of carbonyl (C=O) groups is 1. The highest BCUT2D eigenvalue weighted by Crippen LogP contribution is 2.38. The van der Waals surface area contributed by atoms with Crippen molar-refractivity contribution in [2.45, 2.75) is 19.7 Å². The molecule has 0 fully saturated rings. The van der Waals surface area contributed by atoms with E-state index in [0.717, 1.165) is 34.4 Å². The Bertz CT molecular complexity index is 1380. The number of aliphatic carboxylic acids is 1. The number of hydrogen-bond donors (Lipinski definition) is 1. The van der Waals surface area contributed by atoms with E-state index in [1.807, 2.05) is 25.1 Å². The number of pyridine rings is 1. The maximum Gasteiger partial charge on any atom is 0.418 e. The van der Waals surface area contributed by atoms with E-state index in [2.05, 4.69) is 4.98 Å². The number of fused-ring (bicyclic) bond motifs is 1. The van der Waals surface area contributed by atoms with Crippen molar-refractivity contribution < 1.29 is 27.8 Å². The third-order valence-electron chi connectivity index (χ3n) is 5.32. The van der Waals surface area contributed by atoms with E-state index in [4.69, 9.17) is 9.84 Å². The first kappa shape index (κ1) is 23.0. The summed E-state index contributed by atoms with van der Waals surface area (Å²) in [6.07, 6.45) is -0.467. The molecule has 7 heteroatoms. The van der Waals surface area contributed by atoms with Crippen LogP contribution in [0.2, 0.25) is 0 Å². The normalized spacial score (nSPS) is 11.8. The van der Waals surface area contributed by atoms with Gasteiger partial charge in [-0.1, -0.05) is 48.5 Å². The van der Waals surface area contributed by atoms with Gasteiger partial charge in [-0.2, -0.15) is 13.2 Å². The van der Waals surface area contributed by atoms with Gasteiger partial charge >= 0.3 is 12.1 Å². The maximum atomic E-state index is 13.5. The van der Waals surface area contributed by atoms with Crippen molar-refractivity contribution in [1.82, 2.24) is 4.98 Å². The molecule has 4 aromatic rings. The molecule has 1 aromatic heterocycles. The van der Waals surface area contributed by atoms with Gasteiger partial charge in [0, 0.05) is 17.7 Å². The van der Waals surface area contributed by atoms with Crippen LogP contribution in [0.4, 0.5) is 13.2 Å². The summed E-state index contributed by atoms with van der Waals surface area (Å²) in [5, 5.41) is 9.14. The van der Waals surface area contributed by atoms with Crippen LogP contribution in [-0.2, 0) is 17.6 Å². The highest BCUT2D eigenvalue weighted by molar-refractivity contribution is 5.97. The number of rotatable bonds is 6. The van der Waals surface area contributed by atoms with E-state index in [9.17, 15) is 18.0 Å². The van der Waals surface area contributed by atoms with Gasteiger partial charge in [-0.05, 0) is 59.0 Å². The van der Waals surface area contributed by atoms with Crippen LogP contribution in [0.3, 0.4) is 0 Å². The van der Waals surface area contributed by atoms with E-state index in [1.54, 1.807) is 36.4 Å². The quantitative estimate of drug-likeness (QED) is 0.316. The van der Waals surface area contributed by atoms with Crippen LogP contribution >= 0.6 is 0 Å². The van der Waals surface area contributed by atoms with E-state index in [1.165, 1.54) is 18.3 Å². The van der Waals surface area contributed by atoms with Gasteiger partial charge < -0.3 is 9.84 Å². The molecule has 0 bridgehead atoms. The Labute approximate surface area is 194 Å². The van der Waals surface area contributed by atoms with Crippen molar-refractivity contribution in [3.8, 4) is 16.9 Å². The number of alkyl halides is 3. The highest BCUT2D eigenvalue weighted by Gasteiger charge is 2.33. The zero-order valence-electron chi connectivity index (χ0n) is 18.1. The molecular weight excluding hydrogens is 443 g/mol. The number of carboxylic acid groups (broad SMARTS) is 1. The van der Waals surface area contributed by atoms with E-state index >= 15 is 0 Å². The first-order chi connectivity index (χ1) is 16.2. The number of aromatic nitrogens is 1. The molecule has 1 N–H and O–H groups in total. The van der Waals surface area contributed by atoms with Crippen LogP contribution in [0, 0.1) is 6.92 Å². The molecule has 0 unspecified atom stereocenters. The summed E-state index contributed by atoms with van der Waals surface area (Å²) in [5.74, 6) is -0.442. The lowest BCUT2D eigenvalue weighted by Crippen LogP contribution is -2.07. The summed E-state index contributed by atoms with van der Waals surface area (Å²) in [7, 11) is 0. The van der Waals surface area contributed by atoms with Gasteiger partial charge in [0.15, 0.2) is 0 Å². The molecule has 0 radical (unpaired) electrons. The summed E-state index contributed by atoms with van der Waals surface area (Å²) in [5.41, 5.74) is 2.96. The van der Waals surface area contributed by atoms with E-state index in [0.29, 0.717) is 16.7 Å². The smallest absolute Gasteiger partial charge is 0.418 e. The molecule has 34 heavy (non-hydrogen) atoms. The minimum absolute atomic E-state index is 0.0843. The molecular formula is C27H20F3NO3. The minimum atomic E-state index is -4.50. The minimum Gasteiger partial charge on any atom is -0.489 e. The number of carboxylic acids is 1. The highest BCUT2D eigenvalue weighted by atomic mass is 19.4. The van der Waals surface area contributed by atoms with Crippen LogP contribution in [-0.4, -0.2) is 16.1 Å². The summed E-state index contributed by atoms with van der Waals surface area (Å²) < 4.78 is 46.4. The van der Waals surface area contributed by atoms with Gasteiger partial charge in [0.2, 0.25) is 0 Å². The Morgan fingerprint density at radius 2 is 1.79 bits per heavy atom. The lowest BCUT2D eigenvalue weighted by molar-refractivity contribution is -0.136. The summed E-state index contributed by atoms with van der Waals surface area (Å²) in [4.78, 5) is 14.7. The predicted octanol–water partition coefficient (Wildman–Crippen LogP) is 6.91. The van der Waals surface area contributed by atoms with E-state index in [-0.39, 0.29) is 12.1 Å². The lowest BCUT2D eigenvalue weighted by Gasteiger charge is -2.15. The molecule has 0 amide bonds. The zero-order valence-corrected chi connectivity index (χ0v) is 18.1. The molecule has 0 aliphatic rings. The van der Waals surface area contributed by atoms with Gasteiger partial charge in [-0.15, -0.1) is 0 Å². The number of hydrogen-bond acceptors (Lipinski definition) is 3. The Morgan fingerprint density at radius 3 is 2.50 bits per heavy atom. The van der Waals surface area contributed by atoms with Crippen molar-refractivity contribution >= 4 is 22.9 Å². The van der Waals surface area contributed by atoms with Crippen molar-refractivity contribution in [1.29, 1.82) is 0 Å². The molecule has 0 aliphatic heterocycles. The first-order valence-electron chi connectivity index (χ1n) is 10.4. The fourth-order valence-electron chi connectivity index (χ4n) is 3.74. The average molecular weight is 463 g/mol. The number of benzene rings is 3. The molecule has 0 spiro atoms.